The zero-order valence-corrected chi connectivity index (χ0v) is 10.5. The van der Waals surface area contributed by atoms with Crippen molar-refractivity contribution in [1.82, 2.24) is 9.97 Å². The molecule has 1 saturated carbocycles. The summed E-state index contributed by atoms with van der Waals surface area (Å²) in [5.74, 6) is 8.16. The number of nitrogens with one attached hydrogen (secondary N) is 2. The Balaban J connectivity index is 1.99. The average Bonchev–Trinajstić information content (AvgIpc) is 2.28. The van der Waals surface area contributed by atoms with Crippen molar-refractivity contribution in [3.63, 3.8) is 0 Å². The smallest absolute Gasteiger partial charge is 0.239 e. The maximum Gasteiger partial charge on any atom is 0.239 e. The van der Waals surface area contributed by atoms with Gasteiger partial charge in [-0.2, -0.15) is 4.98 Å². The first-order valence-corrected chi connectivity index (χ1v) is 6.23. The molecule has 2 unspecified atom stereocenters. The van der Waals surface area contributed by atoms with Crippen molar-refractivity contribution in [3.05, 3.63) is 12.3 Å². The molecule has 94 valence electrons. The summed E-state index contributed by atoms with van der Waals surface area (Å²) in [6.45, 7) is 4.63. The molecule has 1 aromatic rings. The number of hydrogen-bond donors (Lipinski definition) is 3. The molecule has 0 amide bonds. The van der Waals surface area contributed by atoms with Gasteiger partial charge in [0.1, 0.15) is 5.82 Å². The summed E-state index contributed by atoms with van der Waals surface area (Å²) in [7, 11) is 0. The molecule has 1 aliphatic carbocycles. The molecule has 4 N–H and O–H groups in total. The molecule has 0 saturated heterocycles. The van der Waals surface area contributed by atoms with Crippen molar-refractivity contribution in [3.8, 4) is 0 Å². The van der Waals surface area contributed by atoms with Gasteiger partial charge in [0.15, 0.2) is 0 Å². The van der Waals surface area contributed by atoms with E-state index in [1.54, 1.807) is 6.20 Å². The molecule has 0 aromatic carbocycles. The van der Waals surface area contributed by atoms with Gasteiger partial charge in [-0.05, 0) is 37.2 Å². The molecular weight excluding hydrogens is 214 g/mol. The van der Waals surface area contributed by atoms with E-state index in [1.807, 2.05) is 6.07 Å². The van der Waals surface area contributed by atoms with Crippen LogP contribution < -0.4 is 16.6 Å². The van der Waals surface area contributed by atoms with Crippen molar-refractivity contribution in [2.75, 3.05) is 10.7 Å². The van der Waals surface area contributed by atoms with E-state index < -0.39 is 0 Å². The minimum absolute atomic E-state index is 0.451. The Morgan fingerprint density at radius 3 is 2.59 bits per heavy atom. The number of nitrogen functional groups attached to an aromatic ring is 1. The van der Waals surface area contributed by atoms with Crippen LogP contribution in [0.25, 0.3) is 0 Å². The fourth-order valence-electron chi connectivity index (χ4n) is 2.78. The van der Waals surface area contributed by atoms with Gasteiger partial charge in [0.25, 0.3) is 0 Å². The van der Waals surface area contributed by atoms with Gasteiger partial charge in [-0.25, -0.2) is 10.8 Å². The number of aromatic nitrogens is 2. The van der Waals surface area contributed by atoms with E-state index in [-0.39, 0.29) is 0 Å². The molecule has 1 aromatic heterocycles. The van der Waals surface area contributed by atoms with Crippen LogP contribution in [0.3, 0.4) is 0 Å². The Kier molecular flexibility index (Phi) is 3.78. The SMILES string of the molecule is CC1CC(C)CC(Nc2ccnc(NN)n2)C1. The normalized spacial score (nSPS) is 28.8. The Morgan fingerprint density at radius 1 is 1.24 bits per heavy atom. The second kappa shape index (κ2) is 5.31. The van der Waals surface area contributed by atoms with Crippen molar-refractivity contribution in [2.24, 2.45) is 17.7 Å². The zero-order valence-electron chi connectivity index (χ0n) is 10.5. The van der Waals surface area contributed by atoms with E-state index in [4.69, 9.17) is 5.84 Å². The van der Waals surface area contributed by atoms with Gasteiger partial charge in [-0.3, -0.25) is 5.43 Å². The van der Waals surface area contributed by atoms with Crippen LogP contribution in [-0.2, 0) is 0 Å². The number of nitrogens with two attached hydrogens (primary N) is 1. The molecule has 0 spiro atoms. The van der Waals surface area contributed by atoms with Crippen molar-refractivity contribution < 1.29 is 0 Å². The minimum Gasteiger partial charge on any atom is -0.367 e. The van der Waals surface area contributed by atoms with Gasteiger partial charge in [-0.15, -0.1) is 0 Å². The van der Waals surface area contributed by atoms with E-state index in [9.17, 15) is 0 Å². The largest absolute Gasteiger partial charge is 0.367 e. The van der Waals surface area contributed by atoms with Crippen LogP contribution in [0, 0.1) is 11.8 Å². The summed E-state index contributed by atoms with van der Waals surface area (Å²) in [6, 6.07) is 2.39. The predicted molar refractivity (Wildman–Crippen MR) is 69.4 cm³/mol. The predicted octanol–water partition coefficient (Wildman–Crippen LogP) is 2.00. The van der Waals surface area contributed by atoms with Gasteiger partial charge < -0.3 is 5.32 Å². The maximum absolute atomic E-state index is 5.29. The topological polar surface area (TPSA) is 75.9 Å². The number of nitrogens with zero attached hydrogens (tertiary/aromatic N) is 2. The van der Waals surface area contributed by atoms with Crippen LogP contribution in [0.1, 0.15) is 33.1 Å². The van der Waals surface area contributed by atoms with Gasteiger partial charge in [-0.1, -0.05) is 13.8 Å². The lowest BCUT2D eigenvalue weighted by atomic mass is 9.80. The Labute approximate surface area is 102 Å². The number of rotatable bonds is 3. The van der Waals surface area contributed by atoms with Gasteiger partial charge >= 0.3 is 0 Å². The van der Waals surface area contributed by atoms with Crippen LogP contribution in [0.2, 0.25) is 0 Å². The first-order chi connectivity index (χ1) is 8.17. The summed E-state index contributed by atoms with van der Waals surface area (Å²) in [5, 5.41) is 3.47. The standard InChI is InChI=1S/C12H21N5/c1-8-5-9(2)7-10(6-8)15-11-3-4-14-12(16-11)17-13/h3-4,8-10H,5-7,13H2,1-2H3,(H2,14,15,16,17). The molecule has 5 heteroatoms. The molecule has 5 nitrogen and oxygen atoms in total. The highest BCUT2D eigenvalue weighted by atomic mass is 15.3. The van der Waals surface area contributed by atoms with E-state index in [2.05, 4.69) is 34.6 Å². The molecule has 1 aliphatic rings. The second-order valence-electron chi connectivity index (χ2n) is 5.17. The van der Waals surface area contributed by atoms with Gasteiger partial charge in [0, 0.05) is 12.2 Å². The van der Waals surface area contributed by atoms with Gasteiger partial charge in [0.05, 0.1) is 0 Å². The molecule has 0 radical (unpaired) electrons. The first-order valence-electron chi connectivity index (χ1n) is 6.23. The summed E-state index contributed by atoms with van der Waals surface area (Å²) < 4.78 is 0. The highest BCUT2D eigenvalue weighted by Gasteiger charge is 2.23. The lowest BCUT2D eigenvalue weighted by molar-refractivity contribution is 0.280. The van der Waals surface area contributed by atoms with Crippen molar-refractivity contribution in [2.45, 2.75) is 39.2 Å². The summed E-state index contributed by atoms with van der Waals surface area (Å²) in [6.07, 6.45) is 5.46. The molecule has 1 fully saturated rings. The third kappa shape index (κ3) is 3.30. The molecule has 2 rings (SSSR count). The maximum atomic E-state index is 5.29. The molecule has 2 atom stereocenters. The van der Waals surface area contributed by atoms with E-state index in [0.29, 0.717) is 12.0 Å². The fraction of sp³-hybridized carbons (Fsp3) is 0.667. The number of hydrogen-bond acceptors (Lipinski definition) is 5. The van der Waals surface area contributed by atoms with E-state index in [1.165, 1.54) is 19.3 Å². The van der Waals surface area contributed by atoms with Crippen LogP contribution in [0.5, 0.6) is 0 Å². The average molecular weight is 235 g/mol. The molecular formula is C12H21N5. The fourth-order valence-corrected chi connectivity index (χ4v) is 2.78. The van der Waals surface area contributed by atoms with Crippen LogP contribution in [0.4, 0.5) is 11.8 Å². The first kappa shape index (κ1) is 12.1. The molecule has 1 heterocycles. The van der Waals surface area contributed by atoms with E-state index >= 15 is 0 Å². The van der Waals surface area contributed by atoms with Gasteiger partial charge in [0.2, 0.25) is 5.95 Å². The quantitative estimate of drug-likeness (QED) is 0.552. The van der Waals surface area contributed by atoms with Crippen LogP contribution in [-0.4, -0.2) is 16.0 Å². The highest BCUT2D eigenvalue weighted by Crippen LogP contribution is 2.30. The summed E-state index contributed by atoms with van der Waals surface area (Å²) >= 11 is 0. The molecule has 0 aliphatic heterocycles. The lowest BCUT2D eigenvalue weighted by Gasteiger charge is -2.32. The lowest BCUT2D eigenvalue weighted by Crippen LogP contribution is -2.30. The number of hydrazine groups is 1. The van der Waals surface area contributed by atoms with E-state index in [0.717, 1.165) is 17.7 Å². The Hall–Kier alpha value is -1.36. The third-order valence-electron chi connectivity index (χ3n) is 3.32. The molecule has 17 heavy (non-hydrogen) atoms. The Morgan fingerprint density at radius 2 is 1.94 bits per heavy atom. The summed E-state index contributed by atoms with van der Waals surface area (Å²) in [5.41, 5.74) is 2.46. The number of anilines is 2. The summed E-state index contributed by atoms with van der Waals surface area (Å²) in [4.78, 5) is 8.27. The highest BCUT2D eigenvalue weighted by molar-refractivity contribution is 5.39. The molecule has 0 bridgehead atoms. The van der Waals surface area contributed by atoms with Crippen LogP contribution >= 0.6 is 0 Å². The van der Waals surface area contributed by atoms with Crippen LogP contribution in [0.15, 0.2) is 12.3 Å². The third-order valence-corrected chi connectivity index (χ3v) is 3.32. The monoisotopic (exact) mass is 235 g/mol. The van der Waals surface area contributed by atoms with Crippen molar-refractivity contribution in [1.29, 1.82) is 0 Å². The Bertz CT molecular complexity index is 358. The zero-order chi connectivity index (χ0) is 12.3. The minimum atomic E-state index is 0.451. The van der Waals surface area contributed by atoms with Crippen molar-refractivity contribution >= 4 is 11.8 Å². The second-order valence-corrected chi connectivity index (χ2v) is 5.17.